The van der Waals surface area contributed by atoms with Gasteiger partial charge in [-0.25, -0.2) is 10.2 Å². The number of aryl methyl sites for hydroxylation is 1. The first kappa shape index (κ1) is 19.4. The van der Waals surface area contributed by atoms with E-state index in [0.29, 0.717) is 21.3 Å². The molecule has 0 aliphatic heterocycles. The zero-order chi connectivity index (χ0) is 19.3. The van der Waals surface area contributed by atoms with Gasteiger partial charge in [-0.05, 0) is 25.5 Å². The summed E-state index contributed by atoms with van der Waals surface area (Å²) in [6.07, 6.45) is 1.43. The lowest BCUT2D eigenvalue weighted by Crippen LogP contribution is -2.28. The minimum absolute atomic E-state index is 0.00108. The van der Waals surface area contributed by atoms with Crippen molar-refractivity contribution in [2.24, 2.45) is 5.10 Å². The smallest absolute Gasteiger partial charge is 0.325 e. The van der Waals surface area contributed by atoms with Crippen LogP contribution >= 0.6 is 15.9 Å². The summed E-state index contributed by atoms with van der Waals surface area (Å²) in [6.45, 7) is 1.59. The van der Waals surface area contributed by atoms with E-state index in [1.165, 1.54) is 13.3 Å². The summed E-state index contributed by atoms with van der Waals surface area (Å²) in [5, 5.41) is 13.8. The normalized spacial score (nSPS) is 10.9. The first-order valence-corrected chi connectivity index (χ1v) is 8.31. The first-order chi connectivity index (χ1) is 12.3. The van der Waals surface area contributed by atoms with Gasteiger partial charge in [0.1, 0.15) is 0 Å². The number of hydrazone groups is 1. The maximum absolute atomic E-state index is 11.9. The van der Waals surface area contributed by atoms with E-state index in [2.05, 4.69) is 36.4 Å². The quantitative estimate of drug-likeness (QED) is 0.403. The Morgan fingerprint density at radius 2 is 2.12 bits per heavy atom. The van der Waals surface area contributed by atoms with E-state index in [0.717, 1.165) is 0 Å². The van der Waals surface area contributed by atoms with E-state index in [1.54, 1.807) is 19.1 Å². The van der Waals surface area contributed by atoms with Crippen LogP contribution in [0.5, 0.6) is 11.5 Å². The van der Waals surface area contributed by atoms with Gasteiger partial charge in [-0.3, -0.25) is 14.6 Å². The molecule has 1 amide bonds. The number of rotatable bonds is 6. The topological polar surface area (TPSA) is 137 Å². The second-order valence-electron chi connectivity index (χ2n) is 5.35. The lowest BCUT2D eigenvalue weighted by Gasteiger charge is -2.07. The van der Waals surface area contributed by atoms with Crippen LogP contribution in [0.15, 0.2) is 31.3 Å². The van der Waals surface area contributed by atoms with Crippen LogP contribution in [0.3, 0.4) is 0 Å². The van der Waals surface area contributed by atoms with Crippen LogP contribution in [0.1, 0.15) is 23.2 Å². The van der Waals surface area contributed by atoms with Crippen molar-refractivity contribution in [3.63, 3.8) is 0 Å². The SMILES string of the molecule is COc1cc(Br)cc(/C=N/NC(=O)CCc2c(C)[nH]c(=O)[nH]c2=O)c1O. The summed E-state index contributed by atoms with van der Waals surface area (Å²) in [5.41, 5.74) is 2.31. The Bertz CT molecular complexity index is 964. The number of nitrogens with zero attached hydrogens (tertiary/aromatic N) is 1. The van der Waals surface area contributed by atoms with E-state index >= 15 is 0 Å². The first-order valence-electron chi connectivity index (χ1n) is 7.52. The molecule has 2 rings (SSSR count). The van der Waals surface area contributed by atoms with E-state index in [9.17, 15) is 19.5 Å². The van der Waals surface area contributed by atoms with Crippen molar-refractivity contribution in [2.45, 2.75) is 19.8 Å². The number of hydrogen-bond donors (Lipinski definition) is 4. The fourth-order valence-electron chi connectivity index (χ4n) is 2.24. The second kappa shape index (κ2) is 8.48. The number of methoxy groups -OCH3 is 1. The molecule has 0 saturated heterocycles. The third-order valence-corrected chi connectivity index (χ3v) is 4.00. The third-order valence-electron chi connectivity index (χ3n) is 3.54. The fourth-order valence-corrected chi connectivity index (χ4v) is 2.70. The third kappa shape index (κ3) is 4.82. The molecular weight excluding hydrogens is 408 g/mol. The molecule has 0 aliphatic carbocycles. The van der Waals surface area contributed by atoms with Crippen LogP contribution in [0.4, 0.5) is 0 Å². The summed E-state index contributed by atoms with van der Waals surface area (Å²) >= 11 is 3.28. The highest BCUT2D eigenvalue weighted by Crippen LogP contribution is 2.32. The molecule has 4 N–H and O–H groups in total. The number of carbonyl (C=O) groups is 1. The lowest BCUT2D eigenvalue weighted by molar-refractivity contribution is -0.121. The van der Waals surface area contributed by atoms with Gasteiger partial charge in [0.2, 0.25) is 5.91 Å². The van der Waals surface area contributed by atoms with Gasteiger partial charge in [0.25, 0.3) is 5.56 Å². The second-order valence-corrected chi connectivity index (χ2v) is 6.27. The molecule has 2 aromatic rings. The van der Waals surface area contributed by atoms with Crippen molar-refractivity contribution in [1.29, 1.82) is 0 Å². The van der Waals surface area contributed by atoms with Gasteiger partial charge < -0.3 is 14.8 Å². The van der Waals surface area contributed by atoms with Gasteiger partial charge in [0.05, 0.1) is 13.3 Å². The number of phenols is 1. The summed E-state index contributed by atoms with van der Waals surface area (Å²) in [7, 11) is 1.42. The van der Waals surface area contributed by atoms with Gasteiger partial charge in [-0.1, -0.05) is 15.9 Å². The summed E-state index contributed by atoms with van der Waals surface area (Å²) in [5.74, 6) is -0.267. The Balaban J connectivity index is 2.00. The van der Waals surface area contributed by atoms with Gasteiger partial charge in [0, 0.05) is 27.7 Å². The number of ether oxygens (including phenoxy) is 1. The van der Waals surface area contributed by atoms with E-state index in [-0.39, 0.29) is 24.3 Å². The summed E-state index contributed by atoms with van der Waals surface area (Å²) < 4.78 is 5.70. The monoisotopic (exact) mass is 424 g/mol. The minimum atomic E-state index is -0.588. The highest BCUT2D eigenvalue weighted by molar-refractivity contribution is 9.10. The number of amides is 1. The van der Waals surface area contributed by atoms with Gasteiger partial charge in [0.15, 0.2) is 11.5 Å². The fraction of sp³-hybridized carbons (Fsp3) is 0.250. The number of phenolic OH excluding ortho intramolecular Hbond substituents is 1. The van der Waals surface area contributed by atoms with E-state index in [4.69, 9.17) is 4.74 Å². The average molecular weight is 425 g/mol. The predicted octanol–water partition coefficient (Wildman–Crippen LogP) is 0.931. The van der Waals surface area contributed by atoms with E-state index < -0.39 is 17.2 Å². The van der Waals surface area contributed by atoms with Crippen LogP contribution < -0.4 is 21.4 Å². The standard InChI is InChI=1S/C16H17BrN4O5/c1-8-11(15(24)20-16(25)19-8)3-4-13(22)21-18-7-9-5-10(17)6-12(26-2)14(9)23/h5-7,23H,3-4H2,1-2H3,(H,21,22)(H2,19,20,24,25)/b18-7+. The van der Waals surface area contributed by atoms with Crippen LogP contribution in [0, 0.1) is 6.92 Å². The number of benzene rings is 1. The molecule has 0 spiro atoms. The molecule has 0 saturated carbocycles. The number of halogens is 1. The largest absolute Gasteiger partial charge is 0.504 e. The van der Waals surface area contributed by atoms with Crippen molar-refractivity contribution in [1.82, 2.24) is 15.4 Å². The highest BCUT2D eigenvalue weighted by Gasteiger charge is 2.10. The van der Waals surface area contributed by atoms with Crippen molar-refractivity contribution < 1.29 is 14.6 Å². The number of nitrogens with one attached hydrogen (secondary N) is 3. The minimum Gasteiger partial charge on any atom is -0.504 e. The van der Waals surface area contributed by atoms with Gasteiger partial charge in [-0.15, -0.1) is 0 Å². The van der Waals surface area contributed by atoms with Crippen molar-refractivity contribution in [3.05, 3.63) is 54.3 Å². The zero-order valence-electron chi connectivity index (χ0n) is 14.1. The van der Waals surface area contributed by atoms with Crippen molar-refractivity contribution >= 4 is 28.1 Å². The number of aromatic nitrogens is 2. The number of aromatic hydroxyl groups is 1. The summed E-state index contributed by atoms with van der Waals surface area (Å²) in [4.78, 5) is 39.3. The average Bonchev–Trinajstić information content (AvgIpc) is 2.56. The Morgan fingerprint density at radius 1 is 1.38 bits per heavy atom. The molecule has 0 radical (unpaired) electrons. The summed E-state index contributed by atoms with van der Waals surface area (Å²) in [6, 6.07) is 3.20. The highest BCUT2D eigenvalue weighted by atomic mass is 79.9. The van der Waals surface area contributed by atoms with Gasteiger partial charge >= 0.3 is 5.69 Å². The molecule has 10 heteroatoms. The number of hydrogen-bond acceptors (Lipinski definition) is 6. The van der Waals surface area contributed by atoms with Crippen molar-refractivity contribution in [2.75, 3.05) is 7.11 Å². The molecule has 26 heavy (non-hydrogen) atoms. The number of carbonyl (C=O) groups excluding carboxylic acids is 1. The zero-order valence-corrected chi connectivity index (χ0v) is 15.6. The van der Waals surface area contributed by atoms with Crippen molar-refractivity contribution in [3.8, 4) is 11.5 Å². The Labute approximate surface area is 156 Å². The maximum atomic E-state index is 11.9. The Morgan fingerprint density at radius 3 is 2.77 bits per heavy atom. The molecule has 1 aromatic heterocycles. The lowest BCUT2D eigenvalue weighted by atomic mass is 10.1. The number of H-pyrrole nitrogens is 2. The Hall–Kier alpha value is -2.88. The molecule has 1 aromatic carbocycles. The van der Waals surface area contributed by atoms with Crippen LogP contribution in [-0.2, 0) is 11.2 Å². The molecule has 138 valence electrons. The molecule has 0 unspecified atom stereocenters. The number of aromatic amines is 2. The molecule has 0 fully saturated rings. The van der Waals surface area contributed by atoms with Crippen LogP contribution in [-0.4, -0.2) is 34.3 Å². The molecular formula is C16H17BrN4O5. The molecule has 9 nitrogen and oxygen atoms in total. The van der Waals surface area contributed by atoms with E-state index in [1.807, 2.05) is 0 Å². The van der Waals surface area contributed by atoms with Gasteiger partial charge in [-0.2, -0.15) is 5.10 Å². The predicted molar refractivity (Wildman–Crippen MR) is 98.8 cm³/mol. The maximum Gasteiger partial charge on any atom is 0.325 e. The molecule has 0 atom stereocenters. The molecule has 0 aliphatic rings. The molecule has 1 heterocycles. The molecule has 0 bridgehead atoms. The van der Waals surface area contributed by atoms with Crippen LogP contribution in [0.25, 0.3) is 0 Å². The Kier molecular flexibility index (Phi) is 6.34. The van der Waals surface area contributed by atoms with Crippen LogP contribution in [0.2, 0.25) is 0 Å².